The van der Waals surface area contributed by atoms with Crippen molar-refractivity contribution in [3.05, 3.63) is 207 Å². The number of hydrogen-bond acceptors (Lipinski definition) is 12. The highest BCUT2D eigenvalue weighted by Crippen LogP contribution is 2.66. The van der Waals surface area contributed by atoms with Gasteiger partial charge >= 0.3 is 18.1 Å². The van der Waals surface area contributed by atoms with Crippen LogP contribution in [0.15, 0.2) is 158 Å². The monoisotopic (exact) mass is 940 g/mol. The Morgan fingerprint density at radius 1 is 0.814 bits per heavy atom. The van der Waals surface area contributed by atoms with E-state index in [0.29, 0.717) is 27.8 Å². The zero-order valence-corrected chi connectivity index (χ0v) is 37.1. The summed E-state index contributed by atoms with van der Waals surface area (Å²) in [4.78, 5) is 87.0. The summed E-state index contributed by atoms with van der Waals surface area (Å²) in [5, 5.41) is 38.7. The van der Waals surface area contributed by atoms with Crippen LogP contribution in [-0.2, 0) is 35.9 Å². The van der Waals surface area contributed by atoms with Gasteiger partial charge in [-0.05, 0) is 75.8 Å². The highest BCUT2D eigenvalue weighted by molar-refractivity contribution is 6.23. The number of primary amides is 1. The second-order valence-corrected chi connectivity index (χ2v) is 16.9. The van der Waals surface area contributed by atoms with Crippen LogP contribution >= 0.6 is 0 Å². The lowest BCUT2D eigenvalue weighted by Crippen LogP contribution is -2.56. The number of morpholine rings is 1. The first-order valence-electron chi connectivity index (χ1n) is 22.2. The van der Waals surface area contributed by atoms with Crippen molar-refractivity contribution in [2.24, 2.45) is 11.7 Å². The maximum Gasteiger partial charge on any atom is 0.421 e. The Morgan fingerprint density at radius 3 is 2.10 bits per heavy atom. The summed E-state index contributed by atoms with van der Waals surface area (Å²) in [6, 6.07) is 38.1. The number of fused-ring (bicyclic) bond motifs is 3. The van der Waals surface area contributed by atoms with Gasteiger partial charge in [0.05, 0.1) is 41.3 Å². The van der Waals surface area contributed by atoms with E-state index in [1.165, 1.54) is 48.5 Å². The number of benzene rings is 6. The van der Waals surface area contributed by atoms with E-state index in [4.69, 9.17) is 15.2 Å². The Kier molecular flexibility index (Phi) is 12.8. The molecule has 5 amide bonds. The molecule has 6 aromatic rings. The summed E-state index contributed by atoms with van der Waals surface area (Å²) in [5.41, 5.74) is 5.73. The number of nitrogens with two attached hydrogens (primary N) is 1. The van der Waals surface area contributed by atoms with E-state index in [2.05, 4.69) is 22.5 Å². The molecule has 0 bridgehead atoms. The number of phenols is 1. The third-order valence-electron chi connectivity index (χ3n) is 12.9. The highest BCUT2D eigenvalue weighted by atomic mass is 16.6. The third-order valence-corrected chi connectivity index (χ3v) is 12.9. The number of hydrogen-bond donors (Lipinski definition) is 5. The lowest BCUT2D eigenvalue weighted by molar-refractivity contribution is -0.384. The van der Waals surface area contributed by atoms with Gasteiger partial charge in [0.1, 0.15) is 29.9 Å². The number of carbonyl (C=O) groups is 5. The molecule has 6 aromatic carbocycles. The molecule has 1 spiro atoms. The fraction of sp³-hybridized carbons (Fsp3) is 0.189. The third kappa shape index (κ3) is 8.53. The normalized spacial score (nSPS) is 21.6. The number of imide groups is 1. The molecule has 352 valence electrons. The molecule has 7 atom stereocenters. The number of nitro benzene ring substituents is 1. The number of phenolic OH excluding ortho intramolecular Hbond substituents is 1. The summed E-state index contributed by atoms with van der Waals surface area (Å²) in [6.45, 7) is -0.919. The van der Waals surface area contributed by atoms with Crippen LogP contribution < -0.4 is 21.3 Å². The first-order valence-corrected chi connectivity index (χ1v) is 22.2. The summed E-state index contributed by atoms with van der Waals surface area (Å²) >= 11 is 0. The molecule has 6 N–H and O–H groups in total. The number of aliphatic hydroxyl groups excluding tert-OH is 1. The zero-order chi connectivity index (χ0) is 49.1. The number of carbonyl (C=O) groups excluding carboxylic acids is 5. The van der Waals surface area contributed by atoms with E-state index in [9.17, 15) is 29.9 Å². The number of rotatable bonds is 11. The molecule has 2 saturated heterocycles. The van der Waals surface area contributed by atoms with Gasteiger partial charge in [0.2, 0.25) is 11.8 Å². The van der Waals surface area contributed by atoms with Crippen LogP contribution in [0.3, 0.4) is 0 Å². The molecule has 70 heavy (non-hydrogen) atoms. The quantitative estimate of drug-likeness (QED) is 0.0424. The summed E-state index contributed by atoms with van der Waals surface area (Å²) in [5.74, 6) is 1.31. The maximum atomic E-state index is 16.4. The molecular weight excluding hydrogens is 897 g/mol. The zero-order valence-electron chi connectivity index (χ0n) is 37.1. The summed E-state index contributed by atoms with van der Waals surface area (Å²) in [6.07, 6.45) is -3.40. The molecule has 9 rings (SSSR count). The van der Waals surface area contributed by atoms with E-state index in [1.807, 2.05) is 48.5 Å². The minimum absolute atomic E-state index is 0.00510. The van der Waals surface area contributed by atoms with Gasteiger partial charge in [-0.3, -0.25) is 29.4 Å². The Balaban J connectivity index is 1.28. The van der Waals surface area contributed by atoms with Crippen LogP contribution in [0.25, 0.3) is 0 Å². The number of nitrogens with zero attached hydrogens (tertiary/aromatic N) is 3. The van der Waals surface area contributed by atoms with E-state index >= 15 is 14.4 Å². The Bertz CT molecular complexity index is 3040. The van der Waals surface area contributed by atoms with Gasteiger partial charge in [0, 0.05) is 24.2 Å². The molecular formula is C53H44N6O11. The first kappa shape index (κ1) is 46.3. The number of cyclic esters (lactones) is 1. The van der Waals surface area contributed by atoms with Crippen molar-refractivity contribution >= 4 is 41.3 Å². The van der Waals surface area contributed by atoms with Gasteiger partial charge in [0.15, 0.2) is 0 Å². The number of aromatic hydroxyl groups is 1. The number of nitro groups is 1. The number of aliphatic hydroxyl groups is 1. The van der Waals surface area contributed by atoms with Crippen molar-refractivity contribution in [2.75, 3.05) is 18.0 Å². The van der Waals surface area contributed by atoms with Crippen LogP contribution in [0.2, 0.25) is 0 Å². The molecule has 0 aromatic heterocycles. The van der Waals surface area contributed by atoms with Gasteiger partial charge in [-0.1, -0.05) is 115 Å². The van der Waals surface area contributed by atoms with Crippen LogP contribution in [0, 0.1) is 27.9 Å². The van der Waals surface area contributed by atoms with Gasteiger partial charge in [0.25, 0.3) is 5.69 Å². The van der Waals surface area contributed by atoms with E-state index < -0.39 is 83.1 Å². The van der Waals surface area contributed by atoms with Crippen molar-refractivity contribution in [3.8, 4) is 17.6 Å². The summed E-state index contributed by atoms with van der Waals surface area (Å²) < 4.78 is 12.3. The first-order chi connectivity index (χ1) is 33.9. The van der Waals surface area contributed by atoms with Crippen molar-refractivity contribution in [1.82, 2.24) is 15.5 Å². The second-order valence-electron chi connectivity index (χ2n) is 16.9. The Hall–Kier alpha value is -8.85. The predicted octanol–water partition coefficient (Wildman–Crippen LogP) is 6.17. The van der Waals surface area contributed by atoms with Gasteiger partial charge in [-0.25, -0.2) is 14.5 Å². The number of nitrogens with one attached hydrogen (secondary N) is 2. The number of ether oxygens (including phenoxy) is 2. The van der Waals surface area contributed by atoms with E-state index in [1.54, 1.807) is 65.6 Å². The lowest BCUT2D eigenvalue weighted by Gasteiger charge is -2.46. The van der Waals surface area contributed by atoms with Crippen LogP contribution in [0.4, 0.5) is 21.0 Å². The fourth-order valence-corrected chi connectivity index (χ4v) is 9.92. The number of amides is 5. The molecule has 17 heteroatoms. The number of urea groups is 1. The standard InChI is InChI=1S/C53H44N6O11/c54-51(65)55-28-10-11-32-20-27-41-40(29-32)53(50(64)57(41)52(66)69-31-33-18-23-38(24-19-33)59(67)68)43(48(62)56-30-42(61)34-12-4-1-5-13-34)45-49(63)70-46(36-16-8-3-9-17-36)44(35-14-6-2-7-15-35)58(45)47(53)37-21-25-39(60)26-22-37/h1-9,12-27,29,42-47,60-61H,28,30-31H2,(H,56,62)(H3,54,55,65)/t42-,43+,44+,45+,46-,47-,53+/m0/s1. The molecule has 0 aliphatic carbocycles. The van der Waals surface area contributed by atoms with Crippen molar-refractivity contribution in [1.29, 1.82) is 0 Å². The molecule has 3 aliphatic rings. The van der Waals surface area contributed by atoms with E-state index in [-0.39, 0.29) is 41.3 Å². The molecule has 17 nitrogen and oxygen atoms in total. The van der Waals surface area contributed by atoms with Crippen molar-refractivity contribution in [2.45, 2.75) is 42.4 Å². The van der Waals surface area contributed by atoms with Crippen molar-refractivity contribution < 1.29 is 48.6 Å². The fourth-order valence-electron chi connectivity index (χ4n) is 9.92. The largest absolute Gasteiger partial charge is 0.508 e. The van der Waals surface area contributed by atoms with Gasteiger partial charge in [-0.15, -0.1) is 0 Å². The number of esters is 1. The minimum Gasteiger partial charge on any atom is -0.508 e. The molecule has 3 heterocycles. The molecule has 0 saturated carbocycles. The summed E-state index contributed by atoms with van der Waals surface area (Å²) in [7, 11) is 0. The van der Waals surface area contributed by atoms with Gasteiger partial charge < -0.3 is 36.1 Å². The van der Waals surface area contributed by atoms with Crippen LogP contribution in [-0.4, -0.2) is 69.1 Å². The Labute approximate surface area is 400 Å². The van der Waals surface area contributed by atoms with E-state index in [0.717, 1.165) is 4.90 Å². The second kappa shape index (κ2) is 19.4. The molecule has 3 aliphatic heterocycles. The highest BCUT2D eigenvalue weighted by Gasteiger charge is 2.75. The van der Waals surface area contributed by atoms with Crippen molar-refractivity contribution in [3.63, 3.8) is 0 Å². The average molecular weight is 941 g/mol. The van der Waals surface area contributed by atoms with Gasteiger partial charge in [-0.2, -0.15) is 0 Å². The Morgan fingerprint density at radius 2 is 1.46 bits per heavy atom. The SMILES string of the molecule is NC(=O)NCC#Cc1ccc2c(c1)[C@]1(C(=O)N2C(=O)OCc2ccc([N+](=O)[O-])cc2)[C@H](c2ccc(O)cc2)N2[C@H](c3ccccc3)[C@H](c3ccccc3)OC(=O)[C@H]2[C@@H]1C(=O)NC[C@H](O)c1ccccc1. The van der Waals surface area contributed by atoms with Crippen LogP contribution in [0.5, 0.6) is 5.75 Å². The topological polar surface area (TPSA) is 244 Å². The number of anilines is 1. The maximum absolute atomic E-state index is 16.4. The minimum atomic E-state index is -2.23. The lowest BCUT2D eigenvalue weighted by atomic mass is 9.65. The van der Waals surface area contributed by atoms with Crippen LogP contribution in [0.1, 0.15) is 63.2 Å². The molecule has 0 unspecified atom stereocenters. The smallest absolute Gasteiger partial charge is 0.421 e. The number of non-ortho nitro benzene ring substituents is 1. The molecule has 0 radical (unpaired) electrons. The molecule has 2 fully saturated rings. The predicted molar refractivity (Wildman–Crippen MR) is 252 cm³/mol. The average Bonchev–Trinajstić information content (AvgIpc) is 3.83.